The van der Waals surface area contributed by atoms with Gasteiger partial charge in [0, 0.05) is 4.90 Å². The molecule has 2 aromatic carbocycles. The molecule has 1 N–H and O–H groups in total. The number of ether oxygens (including phenoxy) is 2. The quantitative estimate of drug-likeness (QED) is 0.620. The Hall–Kier alpha value is -2.25. The smallest absolute Gasteiger partial charge is 0.264 e. The highest BCUT2D eigenvalue weighted by molar-refractivity contribution is 7.98. The first kappa shape index (κ1) is 17.6. The highest BCUT2D eigenvalue weighted by Crippen LogP contribution is 2.32. The van der Waals surface area contributed by atoms with E-state index in [4.69, 9.17) is 9.47 Å². The Kier molecular flexibility index (Phi) is 5.78. The Morgan fingerprint density at radius 2 is 1.88 bits per heavy atom. The van der Waals surface area contributed by atoms with E-state index in [2.05, 4.69) is 10.3 Å². The van der Waals surface area contributed by atoms with E-state index in [1.165, 1.54) is 11.3 Å². The Balaban J connectivity index is 1.59. The number of rotatable bonds is 7. The summed E-state index contributed by atoms with van der Waals surface area (Å²) in [6, 6.07) is 13.2. The molecule has 130 valence electrons. The fourth-order valence-corrected chi connectivity index (χ4v) is 3.78. The van der Waals surface area contributed by atoms with Gasteiger partial charge in [0.05, 0.1) is 16.8 Å². The number of hydrogen-bond donors (Lipinski definition) is 1. The zero-order valence-corrected chi connectivity index (χ0v) is 15.6. The first-order chi connectivity index (χ1) is 12.2. The van der Waals surface area contributed by atoms with E-state index in [1.807, 2.05) is 43.5 Å². The first-order valence-corrected chi connectivity index (χ1v) is 9.82. The molecule has 7 heteroatoms. The summed E-state index contributed by atoms with van der Waals surface area (Å²) < 4.78 is 11.9. The molecule has 1 amide bonds. The van der Waals surface area contributed by atoms with Crippen LogP contribution in [0.25, 0.3) is 10.2 Å². The predicted molar refractivity (Wildman–Crippen MR) is 103 cm³/mol. The molecule has 0 aliphatic rings. The number of amides is 1. The number of anilines is 1. The van der Waals surface area contributed by atoms with Crippen LogP contribution in [0.15, 0.2) is 47.4 Å². The zero-order chi connectivity index (χ0) is 17.6. The number of benzene rings is 2. The lowest BCUT2D eigenvalue weighted by Crippen LogP contribution is -2.19. The van der Waals surface area contributed by atoms with Crippen LogP contribution in [-0.2, 0) is 4.79 Å². The third kappa shape index (κ3) is 4.43. The summed E-state index contributed by atoms with van der Waals surface area (Å²) in [5.41, 5.74) is 0.919. The molecule has 5 nitrogen and oxygen atoms in total. The van der Waals surface area contributed by atoms with Crippen molar-refractivity contribution in [3.05, 3.63) is 42.5 Å². The van der Waals surface area contributed by atoms with Gasteiger partial charge in [0.25, 0.3) is 5.91 Å². The number of para-hydroxylation sites is 1. The van der Waals surface area contributed by atoms with Crippen LogP contribution in [0.5, 0.6) is 11.5 Å². The Morgan fingerprint density at radius 3 is 2.56 bits per heavy atom. The number of thioether (sulfide) groups is 1. The number of carbonyl (C=O) groups excluding carboxylic acids is 1. The van der Waals surface area contributed by atoms with Crippen molar-refractivity contribution in [2.45, 2.75) is 11.8 Å². The lowest BCUT2D eigenvalue weighted by atomic mass is 10.3. The molecule has 0 saturated heterocycles. The van der Waals surface area contributed by atoms with Crippen LogP contribution in [0.3, 0.4) is 0 Å². The van der Waals surface area contributed by atoms with E-state index in [9.17, 15) is 4.79 Å². The third-order valence-electron chi connectivity index (χ3n) is 3.35. The number of fused-ring (bicyclic) bond motifs is 1. The molecular weight excluding hydrogens is 356 g/mol. The van der Waals surface area contributed by atoms with Gasteiger partial charge in [-0.3, -0.25) is 10.1 Å². The predicted octanol–water partition coefficient (Wildman–Crippen LogP) is 4.43. The molecular formula is C18H18N2O3S2. The molecule has 1 heterocycles. The molecule has 0 saturated carbocycles. The minimum absolute atomic E-state index is 0.0701. The number of aromatic nitrogens is 1. The average molecular weight is 374 g/mol. The van der Waals surface area contributed by atoms with Crippen LogP contribution in [-0.4, -0.2) is 30.4 Å². The van der Waals surface area contributed by atoms with Crippen LogP contribution >= 0.6 is 23.1 Å². The van der Waals surface area contributed by atoms with Crippen molar-refractivity contribution in [1.29, 1.82) is 0 Å². The largest absolute Gasteiger partial charge is 0.494 e. The van der Waals surface area contributed by atoms with Crippen molar-refractivity contribution in [1.82, 2.24) is 4.98 Å². The zero-order valence-electron chi connectivity index (χ0n) is 13.9. The molecule has 0 aliphatic carbocycles. The number of carbonyl (C=O) groups is 1. The van der Waals surface area contributed by atoms with Gasteiger partial charge in [-0.1, -0.05) is 17.4 Å². The topological polar surface area (TPSA) is 60.5 Å². The molecule has 25 heavy (non-hydrogen) atoms. The second kappa shape index (κ2) is 8.22. The van der Waals surface area contributed by atoms with Gasteiger partial charge in [-0.2, -0.15) is 0 Å². The van der Waals surface area contributed by atoms with Crippen LogP contribution in [0.2, 0.25) is 0 Å². The van der Waals surface area contributed by atoms with Gasteiger partial charge in [0.15, 0.2) is 11.7 Å². The summed E-state index contributed by atoms with van der Waals surface area (Å²) in [6.07, 6.45) is 2.01. The minimum Gasteiger partial charge on any atom is -0.494 e. The van der Waals surface area contributed by atoms with Crippen LogP contribution in [0, 0.1) is 0 Å². The highest BCUT2D eigenvalue weighted by atomic mass is 32.2. The molecule has 3 rings (SSSR count). The van der Waals surface area contributed by atoms with E-state index in [1.54, 1.807) is 23.9 Å². The second-order valence-corrected chi connectivity index (χ2v) is 6.95. The summed E-state index contributed by atoms with van der Waals surface area (Å²) in [4.78, 5) is 17.7. The maximum absolute atomic E-state index is 12.1. The van der Waals surface area contributed by atoms with Crippen molar-refractivity contribution in [2.75, 3.05) is 24.8 Å². The normalized spacial score (nSPS) is 10.6. The van der Waals surface area contributed by atoms with E-state index in [-0.39, 0.29) is 12.5 Å². The number of nitrogens with zero attached hydrogens (tertiary/aromatic N) is 1. The molecule has 0 aliphatic heterocycles. The summed E-state index contributed by atoms with van der Waals surface area (Å²) >= 11 is 3.09. The molecule has 0 atom stereocenters. The average Bonchev–Trinajstić information content (AvgIpc) is 3.03. The van der Waals surface area contributed by atoms with Gasteiger partial charge in [-0.05, 0) is 49.6 Å². The molecule has 0 spiro atoms. The van der Waals surface area contributed by atoms with Gasteiger partial charge in [0.2, 0.25) is 0 Å². The molecule has 0 radical (unpaired) electrons. The van der Waals surface area contributed by atoms with E-state index >= 15 is 0 Å². The van der Waals surface area contributed by atoms with Crippen LogP contribution < -0.4 is 14.8 Å². The van der Waals surface area contributed by atoms with Gasteiger partial charge in [-0.25, -0.2) is 4.98 Å². The van der Waals surface area contributed by atoms with Gasteiger partial charge < -0.3 is 9.47 Å². The van der Waals surface area contributed by atoms with E-state index in [0.29, 0.717) is 17.5 Å². The van der Waals surface area contributed by atoms with Crippen LogP contribution in [0.4, 0.5) is 5.13 Å². The van der Waals surface area contributed by atoms with Crippen molar-refractivity contribution >= 4 is 44.4 Å². The molecule has 3 aromatic rings. The van der Waals surface area contributed by atoms with Crippen molar-refractivity contribution in [3.8, 4) is 11.5 Å². The van der Waals surface area contributed by atoms with E-state index < -0.39 is 0 Å². The monoisotopic (exact) mass is 374 g/mol. The number of hydrogen-bond acceptors (Lipinski definition) is 6. The van der Waals surface area contributed by atoms with Crippen molar-refractivity contribution < 1.29 is 14.3 Å². The Bertz CT molecular complexity index is 862. The molecule has 0 fully saturated rings. The third-order valence-corrected chi connectivity index (χ3v) is 5.06. The molecule has 1 aromatic heterocycles. The highest BCUT2D eigenvalue weighted by Gasteiger charge is 2.11. The van der Waals surface area contributed by atoms with Gasteiger partial charge in [-0.15, -0.1) is 11.8 Å². The SMILES string of the molecule is CCOc1ccc(OCC(=O)Nc2nc3c(SC)cccc3s2)cc1. The summed E-state index contributed by atoms with van der Waals surface area (Å²) in [7, 11) is 0. The summed E-state index contributed by atoms with van der Waals surface area (Å²) in [6.45, 7) is 2.47. The molecule has 0 bridgehead atoms. The van der Waals surface area contributed by atoms with Crippen LogP contribution in [0.1, 0.15) is 6.92 Å². The number of thiazole rings is 1. The van der Waals surface area contributed by atoms with E-state index in [0.717, 1.165) is 20.9 Å². The Labute approximate surface area is 154 Å². The fraction of sp³-hybridized carbons (Fsp3) is 0.222. The second-order valence-electron chi connectivity index (χ2n) is 5.07. The van der Waals surface area contributed by atoms with Crippen molar-refractivity contribution in [3.63, 3.8) is 0 Å². The first-order valence-electron chi connectivity index (χ1n) is 7.78. The minimum atomic E-state index is -0.237. The van der Waals surface area contributed by atoms with Gasteiger partial charge in [0.1, 0.15) is 11.5 Å². The number of nitrogens with one attached hydrogen (secondary N) is 1. The lowest BCUT2D eigenvalue weighted by Gasteiger charge is -2.07. The maximum atomic E-state index is 12.1. The Morgan fingerprint density at radius 1 is 1.16 bits per heavy atom. The summed E-state index contributed by atoms with van der Waals surface area (Å²) in [5.74, 6) is 1.16. The molecule has 0 unspecified atom stereocenters. The van der Waals surface area contributed by atoms with Crippen molar-refractivity contribution in [2.24, 2.45) is 0 Å². The standard InChI is InChI=1S/C18H18N2O3S2/c1-3-22-12-7-9-13(10-8-12)23-11-16(21)19-18-20-17-14(24-2)5-4-6-15(17)25-18/h4-10H,3,11H2,1-2H3,(H,19,20,21). The maximum Gasteiger partial charge on any atom is 0.264 e. The summed E-state index contributed by atoms with van der Waals surface area (Å²) in [5, 5.41) is 3.37. The fourth-order valence-electron chi connectivity index (χ4n) is 2.24. The lowest BCUT2D eigenvalue weighted by molar-refractivity contribution is -0.118. The van der Waals surface area contributed by atoms with Gasteiger partial charge >= 0.3 is 0 Å².